The van der Waals surface area contributed by atoms with Gasteiger partial charge in [-0.1, -0.05) is 0 Å². The Balaban J connectivity index is 2.32. The van der Waals surface area contributed by atoms with Gasteiger partial charge in [-0.3, -0.25) is 9.71 Å². The Morgan fingerprint density at radius 2 is 1.52 bits per heavy atom. The number of sulfonamides is 1. The Hall–Kier alpha value is -1.93. The van der Waals surface area contributed by atoms with E-state index in [0.29, 0.717) is 11.4 Å². The van der Waals surface area contributed by atoms with E-state index in [4.69, 9.17) is 0 Å². The second-order valence-electron chi connectivity index (χ2n) is 4.53. The molecule has 0 radical (unpaired) electrons. The molecular formula is C13H14N2O4S2. The van der Waals surface area contributed by atoms with Gasteiger partial charge in [0.25, 0.3) is 10.0 Å². The van der Waals surface area contributed by atoms with E-state index in [1.165, 1.54) is 36.5 Å². The van der Waals surface area contributed by atoms with Gasteiger partial charge in [-0.25, -0.2) is 16.8 Å². The summed E-state index contributed by atoms with van der Waals surface area (Å²) in [6.07, 6.45) is 2.56. The van der Waals surface area contributed by atoms with Gasteiger partial charge in [-0.15, -0.1) is 0 Å². The minimum absolute atomic E-state index is 0.00985. The molecule has 1 aromatic carbocycles. The van der Waals surface area contributed by atoms with Crippen molar-refractivity contribution in [1.29, 1.82) is 0 Å². The lowest BCUT2D eigenvalue weighted by Crippen LogP contribution is -2.13. The predicted octanol–water partition coefficient (Wildman–Crippen LogP) is 1.59. The average molecular weight is 326 g/mol. The molecule has 1 heterocycles. The highest BCUT2D eigenvalue weighted by molar-refractivity contribution is 7.92. The summed E-state index contributed by atoms with van der Waals surface area (Å²) in [6, 6.07) is 8.18. The largest absolute Gasteiger partial charge is 0.280 e. The van der Waals surface area contributed by atoms with Crippen LogP contribution in [0.25, 0.3) is 0 Å². The summed E-state index contributed by atoms with van der Waals surface area (Å²) in [6.45, 7) is 1.75. The summed E-state index contributed by atoms with van der Waals surface area (Å²) in [4.78, 5) is 4.04. The van der Waals surface area contributed by atoms with E-state index < -0.39 is 19.9 Å². The SMILES string of the molecule is Cc1cc(NS(=O)(=O)c2ccc(S(C)(=O)=O)cc2)ccn1. The standard InChI is InChI=1S/C13H14N2O4S2/c1-10-9-11(7-8-14-10)15-21(18,19)13-5-3-12(4-6-13)20(2,16)17/h3-9H,1-2H3,(H,14,15). The van der Waals surface area contributed by atoms with Crippen LogP contribution in [0.2, 0.25) is 0 Å². The lowest BCUT2D eigenvalue weighted by atomic mass is 10.3. The molecular weight excluding hydrogens is 312 g/mol. The lowest BCUT2D eigenvalue weighted by Gasteiger charge is -2.08. The molecule has 2 aromatic rings. The van der Waals surface area contributed by atoms with Crippen molar-refractivity contribution in [3.8, 4) is 0 Å². The number of nitrogens with zero attached hydrogens (tertiary/aromatic N) is 1. The van der Waals surface area contributed by atoms with Crippen molar-refractivity contribution in [3.05, 3.63) is 48.3 Å². The van der Waals surface area contributed by atoms with Gasteiger partial charge in [0.2, 0.25) is 0 Å². The van der Waals surface area contributed by atoms with Gasteiger partial charge in [0, 0.05) is 18.1 Å². The topological polar surface area (TPSA) is 93.2 Å². The Kier molecular flexibility index (Phi) is 4.02. The van der Waals surface area contributed by atoms with Gasteiger partial charge >= 0.3 is 0 Å². The lowest BCUT2D eigenvalue weighted by molar-refractivity contribution is 0.597. The molecule has 21 heavy (non-hydrogen) atoms. The number of rotatable bonds is 4. The van der Waals surface area contributed by atoms with E-state index >= 15 is 0 Å². The minimum Gasteiger partial charge on any atom is -0.280 e. The monoisotopic (exact) mass is 326 g/mol. The van der Waals surface area contributed by atoms with Crippen molar-refractivity contribution in [3.63, 3.8) is 0 Å². The molecule has 8 heteroatoms. The number of aromatic nitrogens is 1. The van der Waals surface area contributed by atoms with Crippen LogP contribution in [0.3, 0.4) is 0 Å². The summed E-state index contributed by atoms with van der Waals surface area (Å²) in [5.74, 6) is 0. The molecule has 0 aliphatic heterocycles. The van der Waals surface area contributed by atoms with Crippen LogP contribution < -0.4 is 4.72 Å². The van der Waals surface area contributed by atoms with Crippen molar-refractivity contribution in [2.75, 3.05) is 11.0 Å². The molecule has 112 valence electrons. The van der Waals surface area contributed by atoms with Crippen molar-refractivity contribution in [2.24, 2.45) is 0 Å². The first-order valence-corrected chi connectivity index (χ1v) is 9.31. The fraction of sp³-hybridized carbons (Fsp3) is 0.154. The molecule has 0 spiro atoms. The molecule has 0 atom stereocenters. The summed E-state index contributed by atoms with van der Waals surface area (Å²) < 4.78 is 49.5. The normalized spacial score (nSPS) is 12.1. The molecule has 0 unspecified atom stereocenters. The fourth-order valence-electron chi connectivity index (χ4n) is 1.69. The second-order valence-corrected chi connectivity index (χ2v) is 8.23. The summed E-state index contributed by atoms with van der Waals surface area (Å²) in [5.41, 5.74) is 1.08. The predicted molar refractivity (Wildman–Crippen MR) is 79.3 cm³/mol. The number of aryl methyl sites for hydroxylation is 1. The summed E-state index contributed by atoms with van der Waals surface area (Å²) >= 11 is 0. The molecule has 0 amide bonds. The highest BCUT2D eigenvalue weighted by Crippen LogP contribution is 2.18. The number of anilines is 1. The van der Waals surface area contributed by atoms with Crippen LogP contribution in [-0.4, -0.2) is 28.1 Å². The van der Waals surface area contributed by atoms with Crippen LogP contribution in [0.1, 0.15) is 5.69 Å². The Morgan fingerprint density at radius 1 is 0.952 bits per heavy atom. The maximum atomic E-state index is 12.2. The zero-order valence-corrected chi connectivity index (χ0v) is 13.1. The Labute approximate surface area is 123 Å². The van der Waals surface area contributed by atoms with Gasteiger partial charge in [0.15, 0.2) is 9.84 Å². The first kappa shape index (κ1) is 15.5. The number of nitrogens with one attached hydrogen (secondary N) is 1. The average Bonchev–Trinajstić information content (AvgIpc) is 2.37. The molecule has 6 nitrogen and oxygen atoms in total. The maximum Gasteiger partial charge on any atom is 0.261 e. The maximum absolute atomic E-state index is 12.2. The molecule has 0 bridgehead atoms. The van der Waals surface area contributed by atoms with Crippen molar-refractivity contribution in [2.45, 2.75) is 16.7 Å². The molecule has 0 aliphatic rings. The van der Waals surface area contributed by atoms with E-state index in [-0.39, 0.29) is 9.79 Å². The van der Waals surface area contributed by atoms with Crippen molar-refractivity contribution < 1.29 is 16.8 Å². The number of benzene rings is 1. The Morgan fingerprint density at radius 3 is 2.05 bits per heavy atom. The van der Waals surface area contributed by atoms with E-state index in [1.54, 1.807) is 13.0 Å². The van der Waals surface area contributed by atoms with E-state index in [2.05, 4.69) is 9.71 Å². The van der Waals surface area contributed by atoms with Crippen molar-refractivity contribution >= 4 is 25.5 Å². The first-order chi connectivity index (χ1) is 9.68. The van der Waals surface area contributed by atoms with E-state index in [0.717, 1.165) is 6.26 Å². The van der Waals surface area contributed by atoms with E-state index in [1.807, 2.05) is 0 Å². The molecule has 1 N–H and O–H groups in total. The van der Waals surface area contributed by atoms with Crippen LogP contribution in [0.4, 0.5) is 5.69 Å². The van der Waals surface area contributed by atoms with Crippen LogP contribution in [0.5, 0.6) is 0 Å². The summed E-state index contributed by atoms with van der Waals surface area (Å²) in [5, 5.41) is 0. The van der Waals surface area contributed by atoms with Crippen LogP contribution in [0, 0.1) is 6.92 Å². The highest BCUT2D eigenvalue weighted by Gasteiger charge is 2.15. The summed E-state index contributed by atoms with van der Waals surface area (Å²) in [7, 11) is -7.12. The molecule has 0 saturated heterocycles. The van der Waals surface area contributed by atoms with Crippen LogP contribution in [-0.2, 0) is 19.9 Å². The molecule has 1 aromatic heterocycles. The van der Waals surface area contributed by atoms with Crippen LogP contribution in [0.15, 0.2) is 52.4 Å². The number of pyridine rings is 1. The third-order valence-corrected chi connectivity index (χ3v) is 5.24. The number of hydrogen-bond acceptors (Lipinski definition) is 5. The minimum atomic E-state index is -3.76. The zero-order chi connectivity index (χ0) is 15.7. The van der Waals surface area contributed by atoms with Crippen LogP contribution >= 0.6 is 0 Å². The van der Waals surface area contributed by atoms with Gasteiger partial charge in [0.05, 0.1) is 15.5 Å². The first-order valence-electron chi connectivity index (χ1n) is 5.94. The van der Waals surface area contributed by atoms with Gasteiger partial charge in [-0.05, 0) is 43.3 Å². The smallest absolute Gasteiger partial charge is 0.261 e. The quantitative estimate of drug-likeness (QED) is 0.921. The van der Waals surface area contributed by atoms with Crippen molar-refractivity contribution in [1.82, 2.24) is 4.98 Å². The fourth-order valence-corrected chi connectivity index (χ4v) is 3.37. The highest BCUT2D eigenvalue weighted by atomic mass is 32.2. The third kappa shape index (κ3) is 3.79. The number of hydrogen-bond donors (Lipinski definition) is 1. The molecule has 0 saturated carbocycles. The Bertz CT molecular complexity index is 857. The second kappa shape index (κ2) is 5.45. The molecule has 0 aliphatic carbocycles. The third-order valence-electron chi connectivity index (χ3n) is 2.71. The van der Waals surface area contributed by atoms with Gasteiger partial charge < -0.3 is 0 Å². The van der Waals surface area contributed by atoms with E-state index in [9.17, 15) is 16.8 Å². The molecule has 2 rings (SSSR count). The van der Waals surface area contributed by atoms with Gasteiger partial charge in [-0.2, -0.15) is 0 Å². The zero-order valence-electron chi connectivity index (χ0n) is 11.4. The van der Waals surface area contributed by atoms with Gasteiger partial charge in [0.1, 0.15) is 0 Å². The number of sulfone groups is 1. The molecule has 0 fully saturated rings.